The fourth-order valence-electron chi connectivity index (χ4n) is 2.84. The number of rotatable bonds is 5. The van der Waals surface area contributed by atoms with Gasteiger partial charge in [0.2, 0.25) is 0 Å². The van der Waals surface area contributed by atoms with Crippen molar-refractivity contribution in [1.82, 2.24) is 15.4 Å². The van der Waals surface area contributed by atoms with Crippen molar-refractivity contribution in [3.63, 3.8) is 0 Å². The van der Waals surface area contributed by atoms with E-state index < -0.39 is 5.91 Å². The van der Waals surface area contributed by atoms with Crippen molar-refractivity contribution in [2.75, 3.05) is 7.11 Å². The van der Waals surface area contributed by atoms with Gasteiger partial charge in [-0.25, -0.2) is 10.5 Å². The number of fused-ring (bicyclic) bond motifs is 1. The highest BCUT2D eigenvalue weighted by atomic mass is 16.5. The van der Waals surface area contributed by atoms with E-state index in [4.69, 9.17) is 14.7 Å². The Kier molecular flexibility index (Phi) is 4.65. The number of nitrogens with zero attached hydrogens (tertiary/aromatic N) is 1. The van der Waals surface area contributed by atoms with Crippen LogP contribution in [-0.4, -0.2) is 28.2 Å². The molecule has 1 amide bonds. The summed E-state index contributed by atoms with van der Waals surface area (Å²) in [6.45, 7) is 0. The van der Waals surface area contributed by atoms with E-state index in [-0.39, 0.29) is 0 Å². The Bertz CT molecular complexity index is 1140. The van der Waals surface area contributed by atoms with Gasteiger partial charge in [0.15, 0.2) is 0 Å². The smallest absolute Gasteiger partial charge is 0.274 e. The van der Waals surface area contributed by atoms with E-state index in [2.05, 4.69) is 9.97 Å². The standard InChI is InChI=1S/C21H17N3O4/c1-27-15-6-8-16(9-7-15)28-17-4-2-3-13(11-17)20-22-18-10-5-14(21(25)24-26)12-19(18)23-20/h2-12,26H,1H3,(H,22,23)(H,24,25). The molecule has 0 fully saturated rings. The highest BCUT2D eigenvalue weighted by molar-refractivity contribution is 5.97. The molecule has 0 saturated heterocycles. The van der Waals surface area contributed by atoms with Gasteiger partial charge in [0, 0.05) is 11.1 Å². The number of imidazole rings is 1. The second-order valence-corrected chi connectivity index (χ2v) is 6.06. The lowest BCUT2D eigenvalue weighted by Gasteiger charge is -2.07. The maximum Gasteiger partial charge on any atom is 0.274 e. The predicted octanol–water partition coefficient (Wildman–Crippen LogP) is 4.15. The number of aromatic amines is 1. The molecule has 0 radical (unpaired) electrons. The maximum absolute atomic E-state index is 11.6. The summed E-state index contributed by atoms with van der Waals surface area (Å²) in [7, 11) is 1.62. The number of methoxy groups -OCH3 is 1. The fraction of sp³-hybridized carbons (Fsp3) is 0.0476. The number of benzene rings is 3. The molecule has 0 atom stereocenters. The average Bonchev–Trinajstić information content (AvgIpc) is 3.17. The van der Waals surface area contributed by atoms with E-state index in [0.29, 0.717) is 33.9 Å². The summed E-state index contributed by atoms with van der Waals surface area (Å²) in [5.74, 6) is 2.20. The molecule has 1 aromatic heterocycles. The molecule has 3 aromatic carbocycles. The van der Waals surface area contributed by atoms with Crippen LogP contribution in [0.1, 0.15) is 10.4 Å². The van der Waals surface area contributed by atoms with Crippen LogP contribution in [0.2, 0.25) is 0 Å². The molecule has 3 N–H and O–H groups in total. The van der Waals surface area contributed by atoms with Gasteiger partial charge in [-0.2, -0.15) is 0 Å². The maximum atomic E-state index is 11.6. The van der Waals surface area contributed by atoms with Crippen LogP contribution in [0.3, 0.4) is 0 Å². The van der Waals surface area contributed by atoms with E-state index in [9.17, 15) is 4.79 Å². The summed E-state index contributed by atoms with van der Waals surface area (Å²) in [6, 6.07) is 19.8. The molecule has 140 valence electrons. The SMILES string of the molecule is COc1ccc(Oc2cccc(-c3nc4ccc(C(=O)NO)cc4[nH]3)c2)cc1. The van der Waals surface area contributed by atoms with Crippen molar-refractivity contribution in [2.45, 2.75) is 0 Å². The molecule has 0 bridgehead atoms. The van der Waals surface area contributed by atoms with Crippen molar-refractivity contribution in [3.05, 3.63) is 72.3 Å². The summed E-state index contributed by atoms with van der Waals surface area (Å²) in [4.78, 5) is 19.3. The Balaban J connectivity index is 1.62. The van der Waals surface area contributed by atoms with Gasteiger partial charge in [0.25, 0.3) is 5.91 Å². The quantitative estimate of drug-likeness (QED) is 0.360. The Morgan fingerprint density at radius 3 is 2.54 bits per heavy atom. The molecule has 4 aromatic rings. The van der Waals surface area contributed by atoms with Crippen molar-refractivity contribution in [1.29, 1.82) is 0 Å². The lowest BCUT2D eigenvalue weighted by molar-refractivity contribution is 0.0706. The number of carbonyl (C=O) groups is 1. The van der Waals surface area contributed by atoms with Gasteiger partial charge >= 0.3 is 0 Å². The molecule has 28 heavy (non-hydrogen) atoms. The van der Waals surface area contributed by atoms with Gasteiger partial charge in [-0.3, -0.25) is 10.0 Å². The molecule has 0 aliphatic heterocycles. The number of ether oxygens (including phenoxy) is 2. The number of nitrogens with one attached hydrogen (secondary N) is 2. The minimum Gasteiger partial charge on any atom is -0.497 e. The van der Waals surface area contributed by atoms with E-state index in [1.165, 1.54) is 0 Å². The molecule has 0 saturated carbocycles. The van der Waals surface area contributed by atoms with E-state index in [1.54, 1.807) is 30.8 Å². The minimum absolute atomic E-state index is 0.335. The van der Waals surface area contributed by atoms with E-state index in [1.807, 2.05) is 48.5 Å². The third-order valence-corrected chi connectivity index (χ3v) is 4.25. The summed E-state index contributed by atoms with van der Waals surface area (Å²) in [5, 5.41) is 8.78. The summed E-state index contributed by atoms with van der Waals surface area (Å²) < 4.78 is 11.0. The molecule has 0 unspecified atom stereocenters. The highest BCUT2D eigenvalue weighted by Gasteiger charge is 2.10. The Morgan fingerprint density at radius 2 is 1.79 bits per heavy atom. The van der Waals surface area contributed by atoms with Crippen LogP contribution < -0.4 is 15.0 Å². The molecule has 7 heteroatoms. The van der Waals surface area contributed by atoms with Crippen LogP contribution in [0, 0.1) is 0 Å². The van der Waals surface area contributed by atoms with Gasteiger partial charge in [-0.15, -0.1) is 0 Å². The normalized spacial score (nSPS) is 10.6. The lowest BCUT2D eigenvalue weighted by Crippen LogP contribution is -2.18. The van der Waals surface area contributed by atoms with Crippen LogP contribution in [0.15, 0.2) is 66.7 Å². The second-order valence-electron chi connectivity index (χ2n) is 6.06. The number of hydrogen-bond donors (Lipinski definition) is 3. The Hall–Kier alpha value is -3.84. The third kappa shape index (κ3) is 3.51. The molecule has 0 aliphatic rings. The van der Waals surface area contributed by atoms with Crippen molar-refractivity contribution in [3.8, 4) is 28.6 Å². The first-order valence-corrected chi connectivity index (χ1v) is 8.53. The van der Waals surface area contributed by atoms with Crippen LogP contribution in [-0.2, 0) is 0 Å². The van der Waals surface area contributed by atoms with Crippen molar-refractivity contribution >= 4 is 16.9 Å². The predicted molar refractivity (Wildman–Crippen MR) is 104 cm³/mol. The number of amides is 1. The average molecular weight is 375 g/mol. The Morgan fingerprint density at radius 1 is 1.00 bits per heavy atom. The molecule has 4 rings (SSSR count). The zero-order valence-corrected chi connectivity index (χ0v) is 15.0. The lowest BCUT2D eigenvalue weighted by atomic mass is 10.2. The zero-order chi connectivity index (χ0) is 19.5. The van der Waals surface area contributed by atoms with Crippen LogP contribution >= 0.6 is 0 Å². The number of carbonyl (C=O) groups excluding carboxylic acids is 1. The first-order valence-electron chi connectivity index (χ1n) is 8.53. The molecule has 7 nitrogen and oxygen atoms in total. The fourth-order valence-corrected chi connectivity index (χ4v) is 2.84. The van der Waals surface area contributed by atoms with E-state index in [0.717, 1.165) is 11.3 Å². The number of H-pyrrole nitrogens is 1. The van der Waals surface area contributed by atoms with Gasteiger partial charge in [-0.05, 0) is 54.6 Å². The summed E-state index contributed by atoms with van der Waals surface area (Å²) in [6.07, 6.45) is 0. The zero-order valence-electron chi connectivity index (χ0n) is 15.0. The van der Waals surface area contributed by atoms with Gasteiger partial charge in [0.05, 0.1) is 18.1 Å². The topological polar surface area (TPSA) is 96.5 Å². The van der Waals surface area contributed by atoms with Crippen LogP contribution in [0.5, 0.6) is 17.2 Å². The summed E-state index contributed by atoms with van der Waals surface area (Å²) in [5.41, 5.74) is 4.21. The van der Waals surface area contributed by atoms with Gasteiger partial charge < -0.3 is 14.5 Å². The molecular formula is C21H17N3O4. The molecular weight excluding hydrogens is 358 g/mol. The molecule has 0 aliphatic carbocycles. The molecule has 0 spiro atoms. The van der Waals surface area contributed by atoms with Crippen LogP contribution in [0.4, 0.5) is 0 Å². The van der Waals surface area contributed by atoms with E-state index >= 15 is 0 Å². The Labute approximate surface area is 160 Å². The summed E-state index contributed by atoms with van der Waals surface area (Å²) >= 11 is 0. The number of hydroxylamine groups is 1. The van der Waals surface area contributed by atoms with Crippen molar-refractivity contribution < 1.29 is 19.5 Å². The third-order valence-electron chi connectivity index (χ3n) is 4.25. The van der Waals surface area contributed by atoms with Crippen molar-refractivity contribution in [2.24, 2.45) is 0 Å². The number of hydrogen-bond acceptors (Lipinski definition) is 5. The number of aromatic nitrogens is 2. The monoisotopic (exact) mass is 375 g/mol. The largest absolute Gasteiger partial charge is 0.497 e. The first kappa shape index (κ1) is 17.6. The van der Waals surface area contributed by atoms with Crippen LogP contribution in [0.25, 0.3) is 22.4 Å². The first-order chi connectivity index (χ1) is 13.7. The highest BCUT2D eigenvalue weighted by Crippen LogP contribution is 2.28. The minimum atomic E-state index is -0.576. The van der Waals surface area contributed by atoms with Gasteiger partial charge in [-0.1, -0.05) is 12.1 Å². The second kappa shape index (κ2) is 7.42. The molecule has 1 heterocycles. The van der Waals surface area contributed by atoms with Gasteiger partial charge in [0.1, 0.15) is 23.1 Å².